The van der Waals surface area contributed by atoms with Crippen LogP contribution in [-0.2, 0) is 17.2 Å². The fourth-order valence-electron chi connectivity index (χ4n) is 2.35. The predicted molar refractivity (Wildman–Crippen MR) is 90.6 cm³/mol. The van der Waals surface area contributed by atoms with E-state index in [0.717, 1.165) is 5.56 Å². The third-order valence-corrected chi connectivity index (χ3v) is 4.30. The smallest absolute Gasteiger partial charge is 0.339 e. The minimum absolute atomic E-state index is 0.0158. The van der Waals surface area contributed by atoms with E-state index in [1.807, 2.05) is 30.3 Å². The Morgan fingerprint density at radius 2 is 1.96 bits per heavy atom. The molecule has 0 aliphatic carbocycles. The summed E-state index contributed by atoms with van der Waals surface area (Å²) in [6.45, 7) is 1.75. The fourth-order valence-corrected chi connectivity index (χ4v) is 3.10. The minimum Gasteiger partial charge on any atom is -0.478 e. The Labute approximate surface area is 142 Å². The third-order valence-electron chi connectivity index (χ3n) is 3.49. The van der Waals surface area contributed by atoms with E-state index in [4.69, 9.17) is 9.52 Å². The average molecular weight is 349 g/mol. The highest BCUT2D eigenvalue weighted by Gasteiger charge is 2.23. The van der Waals surface area contributed by atoms with Gasteiger partial charge < -0.3 is 14.8 Å². The van der Waals surface area contributed by atoms with Crippen molar-refractivity contribution in [2.75, 3.05) is 12.0 Å². The summed E-state index contributed by atoms with van der Waals surface area (Å²) >= 11 is 0. The number of furan rings is 1. The molecular weight excluding hydrogens is 330 g/mol. The molecule has 2 N–H and O–H groups in total. The Morgan fingerprint density at radius 1 is 1.29 bits per heavy atom. The summed E-state index contributed by atoms with van der Waals surface area (Å²) in [4.78, 5) is 23.6. The molecule has 0 aliphatic rings. The molecule has 1 amide bonds. The SMILES string of the molecule is CCc1oc(C(=O)NC(CS(C)=O)c2ccccc2)cc1C(=O)O. The van der Waals surface area contributed by atoms with Crippen LogP contribution in [0.1, 0.15) is 45.2 Å². The molecular formula is C17H19NO5S. The summed E-state index contributed by atoms with van der Waals surface area (Å²) in [6.07, 6.45) is 1.93. The second kappa shape index (κ2) is 7.92. The zero-order valence-corrected chi connectivity index (χ0v) is 14.3. The number of hydrogen-bond acceptors (Lipinski definition) is 4. The van der Waals surface area contributed by atoms with Gasteiger partial charge in [0.15, 0.2) is 5.76 Å². The minimum atomic E-state index is -1.14. The van der Waals surface area contributed by atoms with Crippen molar-refractivity contribution in [1.82, 2.24) is 5.32 Å². The summed E-state index contributed by atoms with van der Waals surface area (Å²) in [7, 11) is -1.12. The van der Waals surface area contributed by atoms with E-state index in [2.05, 4.69) is 5.32 Å². The molecule has 2 atom stereocenters. The van der Waals surface area contributed by atoms with Gasteiger partial charge in [0.25, 0.3) is 5.91 Å². The third kappa shape index (κ3) is 4.32. The van der Waals surface area contributed by atoms with Crippen LogP contribution >= 0.6 is 0 Å². The first-order valence-corrected chi connectivity index (χ1v) is 9.17. The zero-order chi connectivity index (χ0) is 17.7. The quantitative estimate of drug-likeness (QED) is 0.800. The molecule has 0 spiro atoms. The number of aryl methyl sites for hydroxylation is 1. The van der Waals surface area contributed by atoms with Crippen molar-refractivity contribution in [3.63, 3.8) is 0 Å². The van der Waals surface area contributed by atoms with E-state index < -0.39 is 28.7 Å². The molecule has 2 aromatic rings. The van der Waals surface area contributed by atoms with Crippen molar-refractivity contribution < 1.29 is 23.3 Å². The van der Waals surface area contributed by atoms with Crippen molar-refractivity contribution in [3.05, 3.63) is 59.0 Å². The maximum Gasteiger partial charge on any atom is 0.339 e. The molecule has 0 fully saturated rings. The monoisotopic (exact) mass is 349 g/mol. The highest BCUT2D eigenvalue weighted by atomic mass is 32.2. The van der Waals surface area contributed by atoms with Crippen LogP contribution in [0.25, 0.3) is 0 Å². The van der Waals surface area contributed by atoms with Crippen LogP contribution in [0.2, 0.25) is 0 Å². The number of benzene rings is 1. The first-order chi connectivity index (χ1) is 11.4. The van der Waals surface area contributed by atoms with E-state index in [9.17, 15) is 13.8 Å². The van der Waals surface area contributed by atoms with Crippen molar-refractivity contribution in [3.8, 4) is 0 Å². The van der Waals surface area contributed by atoms with Gasteiger partial charge in [0.2, 0.25) is 0 Å². The molecule has 1 heterocycles. The molecule has 7 heteroatoms. The Balaban J connectivity index is 2.24. The fraction of sp³-hybridized carbons (Fsp3) is 0.294. The second-order valence-corrected chi connectivity index (χ2v) is 6.76. The molecule has 0 bridgehead atoms. The summed E-state index contributed by atoms with van der Waals surface area (Å²) < 4.78 is 17.0. The van der Waals surface area contributed by atoms with Gasteiger partial charge in [-0.2, -0.15) is 0 Å². The predicted octanol–water partition coefficient (Wildman–Crippen LogP) is 2.39. The molecule has 1 aromatic carbocycles. The summed E-state index contributed by atoms with van der Waals surface area (Å²) in [5.41, 5.74) is 0.805. The second-order valence-electron chi connectivity index (χ2n) is 5.28. The number of carboxylic acid groups (broad SMARTS) is 1. The van der Waals surface area contributed by atoms with Gasteiger partial charge in [0.05, 0.1) is 6.04 Å². The molecule has 2 rings (SSSR count). The van der Waals surface area contributed by atoms with Gasteiger partial charge in [-0.3, -0.25) is 9.00 Å². The summed E-state index contributed by atoms with van der Waals surface area (Å²) in [5, 5.41) is 11.9. The number of hydrogen-bond donors (Lipinski definition) is 2. The van der Waals surface area contributed by atoms with Gasteiger partial charge in [-0.1, -0.05) is 37.3 Å². The van der Waals surface area contributed by atoms with Crippen LogP contribution in [0, 0.1) is 0 Å². The van der Waals surface area contributed by atoms with E-state index in [-0.39, 0.29) is 22.8 Å². The average Bonchev–Trinajstić information content (AvgIpc) is 2.99. The maximum atomic E-state index is 12.4. The van der Waals surface area contributed by atoms with Crippen LogP contribution in [0.3, 0.4) is 0 Å². The van der Waals surface area contributed by atoms with Crippen molar-refractivity contribution >= 4 is 22.7 Å². The zero-order valence-electron chi connectivity index (χ0n) is 13.4. The van der Waals surface area contributed by atoms with Crippen molar-refractivity contribution in [1.29, 1.82) is 0 Å². The number of carbonyl (C=O) groups is 2. The van der Waals surface area contributed by atoms with E-state index >= 15 is 0 Å². The van der Waals surface area contributed by atoms with E-state index in [1.54, 1.807) is 13.2 Å². The molecule has 0 aliphatic heterocycles. The van der Waals surface area contributed by atoms with Gasteiger partial charge in [0, 0.05) is 35.3 Å². The highest BCUT2D eigenvalue weighted by molar-refractivity contribution is 7.84. The van der Waals surface area contributed by atoms with Gasteiger partial charge in [-0.05, 0) is 5.56 Å². The first-order valence-electron chi connectivity index (χ1n) is 7.44. The molecule has 2 unspecified atom stereocenters. The Morgan fingerprint density at radius 3 is 2.46 bits per heavy atom. The van der Waals surface area contributed by atoms with Gasteiger partial charge in [-0.25, -0.2) is 4.79 Å². The standard InChI is InChI=1S/C17H19NO5S/c1-3-14-12(17(20)21)9-15(23-14)16(19)18-13(10-24(2)22)11-7-5-4-6-8-11/h4-9,13H,3,10H2,1-2H3,(H,18,19)(H,20,21). The maximum absolute atomic E-state index is 12.4. The van der Waals surface area contributed by atoms with Crippen LogP contribution in [-0.4, -0.2) is 33.2 Å². The lowest BCUT2D eigenvalue weighted by Gasteiger charge is -2.17. The lowest BCUT2D eigenvalue weighted by atomic mass is 10.1. The molecule has 1 aromatic heterocycles. The van der Waals surface area contributed by atoms with Crippen LogP contribution in [0.5, 0.6) is 0 Å². The number of aromatic carboxylic acids is 1. The molecule has 128 valence electrons. The number of carbonyl (C=O) groups excluding carboxylic acids is 1. The normalized spacial score (nSPS) is 13.2. The van der Waals surface area contributed by atoms with Crippen LogP contribution < -0.4 is 5.32 Å². The van der Waals surface area contributed by atoms with Crippen molar-refractivity contribution in [2.24, 2.45) is 0 Å². The lowest BCUT2D eigenvalue weighted by Crippen LogP contribution is -2.31. The Kier molecular flexibility index (Phi) is 5.92. The molecule has 6 nitrogen and oxygen atoms in total. The largest absolute Gasteiger partial charge is 0.478 e. The van der Waals surface area contributed by atoms with Crippen LogP contribution in [0.4, 0.5) is 0 Å². The van der Waals surface area contributed by atoms with E-state index in [1.165, 1.54) is 6.07 Å². The van der Waals surface area contributed by atoms with Gasteiger partial charge in [0.1, 0.15) is 11.3 Å². The topological polar surface area (TPSA) is 96.6 Å². The number of amides is 1. The first kappa shape index (κ1) is 17.9. The Bertz CT molecular complexity index is 754. The van der Waals surface area contributed by atoms with Gasteiger partial charge in [-0.15, -0.1) is 0 Å². The number of rotatable bonds is 7. The molecule has 24 heavy (non-hydrogen) atoms. The number of carboxylic acids is 1. The highest BCUT2D eigenvalue weighted by Crippen LogP contribution is 2.19. The number of nitrogens with one attached hydrogen (secondary N) is 1. The van der Waals surface area contributed by atoms with E-state index in [0.29, 0.717) is 6.42 Å². The van der Waals surface area contributed by atoms with Crippen LogP contribution in [0.15, 0.2) is 40.8 Å². The molecule has 0 radical (unpaired) electrons. The lowest BCUT2D eigenvalue weighted by molar-refractivity contribution is 0.0694. The Hall–Kier alpha value is -2.41. The molecule has 0 saturated carbocycles. The summed E-state index contributed by atoms with van der Waals surface area (Å²) in [5.74, 6) is -1.22. The molecule has 0 saturated heterocycles. The van der Waals surface area contributed by atoms with Crippen molar-refractivity contribution in [2.45, 2.75) is 19.4 Å². The van der Waals surface area contributed by atoms with Gasteiger partial charge >= 0.3 is 5.97 Å². The summed E-state index contributed by atoms with van der Waals surface area (Å²) in [6, 6.07) is 9.95.